The lowest BCUT2D eigenvalue weighted by atomic mass is 9.74. The van der Waals surface area contributed by atoms with Crippen LogP contribution in [0, 0.1) is 5.41 Å². The molecule has 1 unspecified atom stereocenters. The van der Waals surface area contributed by atoms with E-state index in [9.17, 15) is 9.59 Å². The van der Waals surface area contributed by atoms with E-state index < -0.39 is 5.41 Å². The predicted molar refractivity (Wildman–Crippen MR) is 147 cm³/mol. The van der Waals surface area contributed by atoms with Gasteiger partial charge < -0.3 is 19.7 Å². The largest absolute Gasteiger partial charge is 0.494 e. The highest BCUT2D eigenvalue weighted by Crippen LogP contribution is 2.37. The van der Waals surface area contributed by atoms with E-state index in [4.69, 9.17) is 9.47 Å². The first-order valence-electron chi connectivity index (χ1n) is 14.0. The maximum Gasteiger partial charge on any atom is 0.263 e. The normalized spacial score (nSPS) is 21.9. The molecule has 0 saturated carbocycles. The Kier molecular flexibility index (Phi) is 7.65. The molecule has 3 aromatic rings. The number of amides is 2. The average molecular weight is 550 g/mol. The lowest BCUT2D eigenvalue weighted by molar-refractivity contribution is -0.133. The number of hydrogen-bond acceptors (Lipinski definition) is 7. The second kappa shape index (κ2) is 11.5. The standard InChI is InChI=1S/C29H35N5O4S/c35-27(26-9-8-25(39-26)24-3-1-17-38-24)33-15-11-29(12-16-33)19-22-20-34(32-31-22)14-2-18-37-23-6-4-21(5-7-23)10-13-30-28(29)36/h4-9,20,24H,1-3,10-19H2,(H,30,36). The number of nitrogens with zero attached hydrogens (tertiary/aromatic N) is 4. The summed E-state index contributed by atoms with van der Waals surface area (Å²) in [5.41, 5.74) is 1.33. The highest BCUT2D eigenvalue weighted by Gasteiger charge is 2.43. The van der Waals surface area contributed by atoms with Crippen LogP contribution in [0.25, 0.3) is 0 Å². The predicted octanol–water partition coefficient (Wildman–Crippen LogP) is 3.80. The number of benzene rings is 1. The summed E-state index contributed by atoms with van der Waals surface area (Å²) in [6.45, 7) is 3.70. The number of carbonyl (C=O) groups excluding carboxylic acids is 2. The number of piperidine rings is 1. The Hall–Kier alpha value is -3.24. The van der Waals surface area contributed by atoms with Crippen LogP contribution >= 0.6 is 11.3 Å². The smallest absolute Gasteiger partial charge is 0.263 e. The van der Waals surface area contributed by atoms with Crippen LogP contribution in [0.5, 0.6) is 5.75 Å². The number of carbonyl (C=O) groups is 2. The number of fused-ring (bicyclic) bond motifs is 8. The van der Waals surface area contributed by atoms with E-state index in [-0.39, 0.29) is 17.9 Å². The number of ether oxygens (including phenoxy) is 2. The molecule has 2 saturated heterocycles. The number of rotatable bonds is 2. The second-order valence-corrected chi connectivity index (χ2v) is 11.9. The number of nitrogens with one attached hydrogen (secondary N) is 1. The van der Waals surface area contributed by atoms with E-state index in [1.54, 1.807) is 0 Å². The van der Waals surface area contributed by atoms with E-state index in [0.717, 1.165) is 59.1 Å². The molecule has 10 heteroatoms. The van der Waals surface area contributed by atoms with Crippen molar-refractivity contribution in [3.8, 4) is 5.75 Å². The van der Waals surface area contributed by atoms with E-state index in [2.05, 4.69) is 27.8 Å². The Morgan fingerprint density at radius 2 is 1.90 bits per heavy atom. The van der Waals surface area contributed by atoms with Gasteiger partial charge in [-0.3, -0.25) is 14.3 Å². The van der Waals surface area contributed by atoms with Gasteiger partial charge in [0.25, 0.3) is 5.91 Å². The molecule has 9 nitrogen and oxygen atoms in total. The molecule has 1 spiro atoms. The Morgan fingerprint density at radius 1 is 1.05 bits per heavy atom. The fourth-order valence-electron chi connectivity index (χ4n) is 5.77. The van der Waals surface area contributed by atoms with Crippen molar-refractivity contribution in [2.45, 2.75) is 57.6 Å². The van der Waals surface area contributed by atoms with Crippen LogP contribution < -0.4 is 10.1 Å². The molecule has 4 aliphatic heterocycles. The van der Waals surface area contributed by atoms with E-state index in [1.807, 2.05) is 40.0 Å². The van der Waals surface area contributed by atoms with E-state index in [1.165, 1.54) is 11.3 Å². The van der Waals surface area contributed by atoms with Crippen LogP contribution in [0.2, 0.25) is 0 Å². The molecule has 0 aliphatic carbocycles. The van der Waals surface area contributed by atoms with Crippen LogP contribution in [0.1, 0.15) is 64.0 Å². The van der Waals surface area contributed by atoms with Gasteiger partial charge in [-0.1, -0.05) is 17.3 Å². The number of thiophene rings is 1. The quantitative estimate of drug-likeness (QED) is 0.522. The van der Waals surface area contributed by atoms with Crippen molar-refractivity contribution in [3.63, 3.8) is 0 Å². The van der Waals surface area contributed by atoms with Gasteiger partial charge in [-0.05, 0) is 61.9 Å². The fraction of sp³-hybridized carbons (Fsp3) is 0.517. The van der Waals surface area contributed by atoms with Crippen molar-refractivity contribution >= 4 is 23.2 Å². The minimum atomic E-state index is -0.628. The summed E-state index contributed by atoms with van der Waals surface area (Å²) in [5, 5.41) is 11.9. The zero-order valence-electron chi connectivity index (χ0n) is 22.1. The van der Waals surface area contributed by atoms with Crippen LogP contribution in [-0.4, -0.2) is 64.6 Å². The second-order valence-electron chi connectivity index (χ2n) is 10.8. The van der Waals surface area contributed by atoms with Crippen LogP contribution in [0.4, 0.5) is 0 Å². The molecule has 2 aromatic heterocycles. The molecule has 0 radical (unpaired) electrons. The molecule has 1 N–H and O–H groups in total. The van der Waals surface area contributed by atoms with Crippen molar-refractivity contribution in [1.29, 1.82) is 0 Å². The molecule has 4 aliphatic rings. The first kappa shape index (κ1) is 26.0. The number of likely N-dealkylation sites (tertiary alicyclic amines) is 1. The lowest BCUT2D eigenvalue weighted by Crippen LogP contribution is -2.51. The molecular formula is C29H35N5O4S. The van der Waals surface area contributed by atoms with Gasteiger partial charge in [0.1, 0.15) is 5.75 Å². The van der Waals surface area contributed by atoms with Gasteiger partial charge >= 0.3 is 0 Å². The molecule has 39 heavy (non-hydrogen) atoms. The lowest BCUT2D eigenvalue weighted by Gasteiger charge is -2.40. The van der Waals surface area contributed by atoms with Gasteiger partial charge in [-0.15, -0.1) is 16.4 Å². The molecule has 2 amide bonds. The molecule has 206 valence electrons. The fourth-order valence-corrected chi connectivity index (χ4v) is 6.83. The summed E-state index contributed by atoms with van der Waals surface area (Å²) >= 11 is 1.54. The Bertz CT molecular complexity index is 1290. The first-order valence-corrected chi connectivity index (χ1v) is 14.8. The van der Waals surface area contributed by atoms with Crippen LogP contribution in [-0.2, 0) is 28.9 Å². The van der Waals surface area contributed by atoms with Gasteiger partial charge in [0.2, 0.25) is 5.91 Å². The van der Waals surface area contributed by atoms with Crippen molar-refractivity contribution in [3.05, 3.63) is 63.6 Å². The molecule has 1 aromatic carbocycles. The SMILES string of the molecule is O=C(c1ccc(C2CCCO2)s1)N1CCC2(CC1)Cc1cn(nn1)CCCOc1ccc(cc1)CCNC2=O. The molecule has 6 heterocycles. The molecular weight excluding hydrogens is 514 g/mol. The van der Waals surface area contributed by atoms with Crippen LogP contribution in [0.15, 0.2) is 42.6 Å². The van der Waals surface area contributed by atoms with Gasteiger partial charge in [0, 0.05) is 56.7 Å². The van der Waals surface area contributed by atoms with Gasteiger partial charge in [0.05, 0.1) is 28.7 Å². The topological polar surface area (TPSA) is 98.6 Å². The molecule has 7 rings (SSSR count). The van der Waals surface area contributed by atoms with Crippen molar-refractivity contribution in [2.24, 2.45) is 5.41 Å². The summed E-state index contributed by atoms with van der Waals surface area (Å²) in [4.78, 5) is 30.8. The Morgan fingerprint density at radius 3 is 2.69 bits per heavy atom. The third kappa shape index (κ3) is 5.86. The van der Waals surface area contributed by atoms with E-state index >= 15 is 0 Å². The Balaban J connectivity index is 1.16. The van der Waals surface area contributed by atoms with Crippen molar-refractivity contribution in [2.75, 3.05) is 32.8 Å². The van der Waals surface area contributed by atoms with Gasteiger partial charge in [-0.25, -0.2) is 0 Å². The number of hydrogen-bond donors (Lipinski definition) is 1. The van der Waals surface area contributed by atoms with Gasteiger partial charge in [0.15, 0.2) is 0 Å². The summed E-state index contributed by atoms with van der Waals surface area (Å²) in [6.07, 6.45) is 7.37. The van der Waals surface area contributed by atoms with Crippen LogP contribution in [0.3, 0.4) is 0 Å². The zero-order chi connectivity index (χ0) is 26.7. The summed E-state index contributed by atoms with van der Waals surface area (Å²) in [7, 11) is 0. The third-order valence-corrected chi connectivity index (χ3v) is 9.27. The summed E-state index contributed by atoms with van der Waals surface area (Å²) < 4.78 is 13.5. The van der Waals surface area contributed by atoms with Crippen molar-refractivity contribution < 1.29 is 19.1 Å². The molecule has 2 fully saturated rings. The highest BCUT2D eigenvalue weighted by molar-refractivity contribution is 7.14. The van der Waals surface area contributed by atoms with E-state index in [0.29, 0.717) is 52.0 Å². The minimum Gasteiger partial charge on any atom is -0.494 e. The number of aryl methyl sites for hydroxylation is 1. The summed E-state index contributed by atoms with van der Waals surface area (Å²) in [6, 6.07) is 12.0. The monoisotopic (exact) mass is 549 g/mol. The maximum absolute atomic E-state index is 13.7. The minimum absolute atomic E-state index is 0.0326. The maximum atomic E-state index is 13.7. The molecule has 1 atom stereocenters. The number of aromatic nitrogens is 3. The zero-order valence-corrected chi connectivity index (χ0v) is 23.0. The third-order valence-electron chi connectivity index (χ3n) is 8.10. The van der Waals surface area contributed by atoms with Crippen molar-refractivity contribution in [1.82, 2.24) is 25.2 Å². The first-order chi connectivity index (χ1) is 19.1. The average Bonchev–Trinajstić information content (AvgIpc) is 3.74. The van der Waals surface area contributed by atoms with Gasteiger partial charge in [-0.2, -0.15) is 0 Å². The summed E-state index contributed by atoms with van der Waals surface area (Å²) in [5.74, 6) is 0.919. The Labute approximate surface area is 232 Å². The molecule has 4 bridgehead atoms. The highest BCUT2D eigenvalue weighted by atomic mass is 32.1.